The fourth-order valence-electron chi connectivity index (χ4n) is 3.62. The summed E-state index contributed by atoms with van der Waals surface area (Å²) in [6.07, 6.45) is 0.909. The second kappa shape index (κ2) is 6.78. The van der Waals surface area contributed by atoms with Crippen molar-refractivity contribution in [1.29, 1.82) is 0 Å². The molecule has 0 saturated heterocycles. The van der Waals surface area contributed by atoms with Gasteiger partial charge in [-0.15, -0.1) is 11.3 Å². The number of hydrogen-bond acceptors (Lipinski definition) is 4. The standard InChI is InChI=1S/C21H21N3O2S/c1-4-18(25)24-17(14-7-5-12(2)6-8-14)11-16(23-24)19-13(3)15-9-10-27-21(15)22-20(19)26/h5-10,17H,4,11H2,1-3H3,(H,22,26)/t17-/m1/s1. The zero-order valence-corrected chi connectivity index (χ0v) is 16.4. The number of hydrazone groups is 1. The van der Waals surface area contributed by atoms with E-state index in [1.54, 1.807) is 5.01 Å². The number of nitrogens with one attached hydrogen (secondary N) is 1. The lowest BCUT2D eigenvalue weighted by molar-refractivity contribution is -0.132. The Labute approximate surface area is 161 Å². The molecule has 4 rings (SSSR count). The van der Waals surface area contributed by atoms with Crippen molar-refractivity contribution >= 4 is 33.2 Å². The van der Waals surface area contributed by atoms with Crippen molar-refractivity contribution < 1.29 is 4.79 Å². The fraction of sp³-hybridized carbons (Fsp3) is 0.286. The number of rotatable bonds is 3. The quantitative estimate of drug-likeness (QED) is 0.737. The Bertz CT molecular complexity index is 1110. The molecule has 3 heterocycles. The van der Waals surface area contributed by atoms with Crippen molar-refractivity contribution in [3.63, 3.8) is 0 Å². The van der Waals surface area contributed by atoms with Gasteiger partial charge < -0.3 is 4.98 Å². The summed E-state index contributed by atoms with van der Waals surface area (Å²) >= 11 is 1.51. The van der Waals surface area contributed by atoms with E-state index in [0.29, 0.717) is 24.1 Å². The molecule has 5 nitrogen and oxygen atoms in total. The van der Waals surface area contributed by atoms with Gasteiger partial charge in [-0.1, -0.05) is 36.8 Å². The molecule has 0 fully saturated rings. The zero-order chi connectivity index (χ0) is 19.1. The van der Waals surface area contributed by atoms with Gasteiger partial charge in [0.25, 0.3) is 5.56 Å². The van der Waals surface area contributed by atoms with Crippen molar-refractivity contribution in [1.82, 2.24) is 9.99 Å². The van der Waals surface area contributed by atoms with Gasteiger partial charge in [-0.2, -0.15) is 5.10 Å². The van der Waals surface area contributed by atoms with Crippen LogP contribution in [-0.2, 0) is 4.79 Å². The number of amides is 1. The van der Waals surface area contributed by atoms with Gasteiger partial charge in [0, 0.05) is 18.2 Å². The summed E-state index contributed by atoms with van der Waals surface area (Å²) in [5.41, 5.74) is 4.24. The summed E-state index contributed by atoms with van der Waals surface area (Å²) in [5, 5.41) is 9.16. The van der Waals surface area contributed by atoms with Gasteiger partial charge in [-0.05, 0) is 36.4 Å². The molecule has 27 heavy (non-hydrogen) atoms. The molecule has 1 N–H and O–H groups in total. The first-order valence-electron chi connectivity index (χ1n) is 9.06. The molecule has 2 aromatic heterocycles. The predicted octanol–water partition coefficient (Wildman–Crippen LogP) is 4.29. The highest BCUT2D eigenvalue weighted by Crippen LogP contribution is 2.34. The Hall–Kier alpha value is -2.73. The molecule has 1 atom stereocenters. The number of carbonyl (C=O) groups is 1. The summed E-state index contributed by atoms with van der Waals surface area (Å²) in [6, 6.07) is 9.98. The number of fused-ring (bicyclic) bond motifs is 1. The largest absolute Gasteiger partial charge is 0.313 e. The molecular formula is C21H21N3O2S. The molecule has 0 aliphatic carbocycles. The van der Waals surface area contributed by atoms with E-state index in [9.17, 15) is 9.59 Å². The molecule has 0 radical (unpaired) electrons. The number of thiophene rings is 1. The summed E-state index contributed by atoms with van der Waals surface area (Å²) in [7, 11) is 0. The second-order valence-electron chi connectivity index (χ2n) is 6.89. The topological polar surface area (TPSA) is 65.5 Å². The molecule has 0 spiro atoms. The van der Waals surface area contributed by atoms with Crippen LogP contribution >= 0.6 is 11.3 Å². The Balaban J connectivity index is 1.81. The first-order valence-corrected chi connectivity index (χ1v) is 9.94. The van der Waals surface area contributed by atoms with Crippen LogP contribution in [0.2, 0.25) is 0 Å². The van der Waals surface area contributed by atoms with Crippen molar-refractivity contribution in [2.45, 2.75) is 39.7 Å². The summed E-state index contributed by atoms with van der Waals surface area (Å²) < 4.78 is 0. The third-order valence-corrected chi connectivity index (χ3v) is 5.95. The zero-order valence-electron chi connectivity index (χ0n) is 15.6. The molecule has 1 amide bonds. The van der Waals surface area contributed by atoms with Crippen LogP contribution in [0.4, 0.5) is 0 Å². The number of H-pyrrole nitrogens is 1. The van der Waals surface area contributed by atoms with Crippen LogP contribution in [0.25, 0.3) is 10.2 Å². The molecule has 3 aromatic rings. The van der Waals surface area contributed by atoms with E-state index < -0.39 is 0 Å². The molecule has 0 unspecified atom stereocenters. The van der Waals surface area contributed by atoms with Crippen molar-refractivity contribution in [2.24, 2.45) is 5.10 Å². The van der Waals surface area contributed by atoms with E-state index in [4.69, 9.17) is 0 Å². The number of nitrogens with zero attached hydrogens (tertiary/aromatic N) is 2. The lowest BCUT2D eigenvalue weighted by Gasteiger charge is -2.21. The van der Waals surface area contributed by atoms with Crippen LogP contribution in [0.1, 0.15) is 48.1 Å². The molecule has 6 heteroatoms. The van der Waals surface area contributed by atoms with E-state index in [1.807, 2.05) is 56.5 Å². The number of aromatic nitrogens is 1. The summed E-state index contributed by atoms with van der Waals surface area (Å²) in [4.78, 5) is 29.1. The molecule has 0 saturated carbocycles. The van der Waals surface area contributed by atoms with Gasteiger partial charge in [-0.25, -0.2) is 5.01 Å². The number of benzene rings is 1. The lowest BCUT2D eigenvalue weighted by Crippen LogP contribution is -2.26. The smallest absolute Gasteiger partial charge is 0.258 e. The van der Waals surface area contributed by atoms with Crippen LogP contribution < -0.4 is 5.56 Å². The van der Waals surface area contributed by atoms with E-state index in [2.05, 4.69) is 10.1 Å². The SMILES string of the molecule is CCC(=O)N1N=C(c2c(C)c3ccsc3[nH]c2=O)C[C@@H]1c1ccc(C)cc1. The van der Waals surface area contributed by atoms with Crippen LogP contribution in [0.3, 0.4) is 0 Å². The van der Waals surface area contributed by atoms with Gasteiger partial charge in [-0.3, -0.25) is 9.59 Å². The average molecular weight is 379 g/mol. The van der Waals surface area contributed by atoms with Crippen molar-refractivity contribution in [3.8, 4) is 0 Å². The van der Waals surface area contributed by atoms with E-state index in [0.717, 1.165) is 21.3 Å². The summed E-state index contributed by atoms with van der Waals surface area (Å²) in [6.45, 7) is 5.82. The average Bonchev–Trinajstić information content (AvgIpc) is 3.29. The van der Waals surface area contributed by atoms with Gasteiger partial charge in [0.15, 0.2) is 0 Å². The molecule has 1 aliphatic heterocycles. The Morgan fingerprint density at radius 1 is 1.26 bits per heavy atom. The minimum Gasteiger partial charge on any atom is -0.313 e. The number of carbonyl (C=O) groups excluding carboxylic acids is 1. The minimum absolute atomic E-state index is 0.0405. The highest BCUT2D eigenvalue weighted by atomic mass is 32.1. The Morgan fingerprint density at radius 2 is 2.00 bits per heavy atom. The highest BCUT2D eigenvalue weighted by Gasteiger charge is 2.34. The summed E-state index contributed by atoms with van der Waals surface area (Å²) in [5.74, 6) is -0.0405. The lowest BCUT2D eigenvalue weighted by atomic mass is 9.95. The third-order valence-electron chi connectivity index (χ3n) is 5.12. The molecule has 1 aromatic carbocycles. The van der Waals surface area contributed by atoms with E-state index in [1.165, 1.54) is 16.9 Å². The Kier molecular flexibility index (Phi) is 4.44. The number of pyridine rings is 1. The molecule has 1 aliphatic rings. The molecular weight excluding hydrogens is 358 g/mol. The van der Waals surface area contributed by atoms with Crippen LogP contribution in [0, 0.1) is 13.8 Å². The first kappa shape index (κ1) is 17.7. The highest BCUT2D eigenvalue weighted by molar-refractivity contribution is 7.16. The van der Waals surface area contributed by atoms with Crippen molar-refractivity contribution in [3.05, 3.63) is 68.3 Å². The maximum Gasteiger partial charge on any atom is 0.258 e. The van der Waals surface area contributed by atoms with Gasteiger partial charge in [0.2, 0.25) is 5.91 Å². The maximum atomic E-state index is 12.7. The Morgan fingerprint density at radius 3 is 2.70 bits per heavy atom. The van der Waals surface area contributed by atoms with Crippen LogP contribution in [-0.4, -0.2) is 21.6 Å². The van der Waals surface area contributed by atoms with Crippen molar-refractivity contribution in [2.75, 3.05) is 0 Å². The fourth-order valence-corrected chi connectivity index (χ4v) is 4.46. The van der Waals surface area contributed by atoms with Gasteiger partial charge in [0.05, 0.1) is 17.3 Å². The second-order valence-corrected chi connectivity index (χ2v) is 7.80. The van der Waals surface area contributed by atoms with Crippen LogP contribution in [0.15, 0.2) is 45.6 Å². The normalized spacial score (nSPS) is 16.8. The van der Waals surface area contributed by atoms with E-state index in [-0.39, 0.29) is 17.5 Å². The maximum absolute atomic E-state index is 12.7. The third kappa shape index (κ3) is 3.00. The minimum atomic E-state index is -0.176. The van der Waals surface area contributed by atoms with Gasteiger partial charge in [0.1, 0.15) is 4.83 Å². The monoisotopic (exact) mass is 379 g/mol. The van der Waals surface area contributed by atoms with Gasteiger partial charge >= 0.3 is 0 Å². The number of aromatic amines is 1. The first-order chi connectivity index (χ1) is 13.0. The molecule has 138 valence electrons. The van der Waals surface area contributed by atoms with E-state index >= 15 is 0 Å². The number of hydrogen-bond donors (Lipinski definition) is 1. The predicted molar refractivity (Wildman–Crippen MR) is 109 cm³/mol. The number of aryl methyl sites for hydroxylation is 2. The van der Waals surface area contributed by atoms with Crippen LogP contribution in [0.5, 0.6) is 0 Å². The molecule has 0 bridgehead atoms.